The Kier molecular flexibility index (Phi) is 4.88. The van der Waals surface area contributed by atoms with Crippen molar-refractivity contribution in [2.75, 3.05) is 12.4 Å². The van der Waals surface area contributed by atoms with Gasteiger partial charge >= 0.3 is 0 Å². The number of rotatable bonds is 4. The number of aryl methyl sites for hydroxylation is 1. The standard InChI is InChI=1S/C22H21N3OS/c1-15-12-13-17(27-15)14-25(2)21-22(26)23-19-11-7-6-10-18(19)20(24-21)16-8-4-3-5-9-16/h3-13,21H,14H2,1-2H3,(H,23,26). The van der Waals surface area contributed by atoms with E-state index in [1.54, 1.807) is 11.3 Å². The van der Waals surface area contributed by atoms with Gasteiger partial charge in [-0.3, -0.25) is 14.7 Å². The number of thiophene rings is 1. The predicted octanol–water partition coefficient (Wildman–Crippen LogP) is 4.30. The van der Waals surface area contributed by atoms with Crippen LogP contribution < -0.4 is 5.32 Å². The summed E-state index contributed by atoms with van der Waals surface area (Å²) < 4.78 is 0. The first-order chi connectivity index (χ1) is 13.1. The molecular formula is C22H21N3OS. The summed E-state index contributed by atoms with van der Waals surface area (Å²) in [6, 6.07) is 22.1. The Labute approximate surface area is 163 Å². The molecule has 2 heterocycles. The van der Waals surface area contributed by atoms with Crippen LogP contribution in [0.4, 0.5) is 5.69 Å². The van der Waals surface area contributed by atoms with Gasteiger partial charge in [0.25, 0.3) is 5.91 Å². The summed E-state index contributed by atoms with van der Waals surface area (Å²) >= 11 is 1.75. The molecule has 5 heteroatoms. The number of carbonyl (C=O) groups excluding carboxylic acids is 1. The van der Waals surface area contributed by atoms with Crippen molar-refractivity contribution >= 4 is 28.6 Å². The highest BCUT2D eigenvalue weighted by Crippen LogP contribution is 2.26. The minimum absolute atomic E-state index is 0.107. The molecule has 0 bridgehead atoms. The van der Waals surface area contributed by atoms with Crippen molar-refractivity contribution in [3.63, 3.8) is 0 Å². The van der Waals surface area contributed by atoms with Crippen molar-refractivity contribution in [2.24, 2.45) is 4.99 Å². The van der Waals surface area contributed by atoms with Gasteiger partial charge in [0.05, 0.1) is 11.4 Å². The summed E-state index contributed by atoms with van der Waals surface area (Å²) in [7, 11) is 1.95. The van der Waals surface area contributed by atoms with E-state index in [4.69, 9.17) is 4.99 Å². The van der Waals surface area contributed by atoms with Crippen molar-refractivity contribution in [3.8, 4) is 0 Å². The number of benzodiazepines with no additional fused rings is 1. The Bertz CT molecular complexity index is 994. The van der Waals surface area contributed by atoms with E-state index < -0.39 is 6.17 Å². The lowest BCUT2D eigenvalue weighted by Crippen LogP contribution is -2.39. The van der Waals surface area contributed by atoms with Crippen molar-refractivity contribution in [2.45, 2.75) is 19.6 Å². The van der Waals surface area contributed by atoms with Crippen LogP contribution in [0.2, 0.25) is 0 Å². The summed E-state index contributed by atoms with van der Waals surface area (Å²) in [4.78, 5) is 22.3. The minimum atomic E-state index is -0.588. The number of carbonyl (C=O) groups is 1. The van der Waals surface area contributed by atoms with Gasteiger partial charge in [-0.05, 0) is 32.2 Å². The first kappa shape index (κ1) is 17.6. The van der Waals surface area contributed by atoms with Gasteiger partial charge in [0.1, 0.15) is 0 Å². The molecule has 0 saturated heterocycles. The Balaban J connectivity index is 1.75. The topological polar surface area (TPSA) is 44.7 Å². The molecule has 2 aromatic carbocycles. The highest BCUT2D eigenvalue weighted by atomic mass is 32.1. The number of hydrogen-bond donors (Lipinski definition) is 1. The van der Waals surface area contributed by atoms with Crippen LogP contribution in [0.15, 0.2) is 71.7 Å². The molecule has 4 rings (SSSR count). The molecular weight excluding hydrogens is 354 g/mol. The Morgan fingerprint density at radius 1 is 1.04 bits per heavy atom. The van der Waals surface area contributed by atoms with Crippen LogP contribution in [0.5, 0.6) is 0 Å². The molecule has 3 aromatic rings. The molecule has 4 nitrogen and oxygen atoms in total. The summed E-state index contributed by atoms with van der Waals surface area (Å²) in [6.45, 7) is 2.77. The molecule has 1 aromatic heterocycles. The smallest absolute Gasteiger partial charge is 0.264 e. The third-order valence-corrected chi connectivity index (χ3v) is 5.58. The number of fused-ring (bicyclic) bond motifs is 1. The number of anilines is 1. The van der Waals surface area contributed by atoms with E-state index in [9.17, 15) is 4.79 Å². The Morgan fingerprint density at radius 3 is 2.52 bits per heavy atom. The Morgan fingerprint density at radius 2 is 1.78 bits per heavy atom. The van der Waals surface area contributed by atoms with E-state index in [0.29, 0.717) is 6.54 Å². The number of nitrogens with one attached hydrogen (secondary N) is 1. The average molecular weight is 375 g/mol. The molecule has 0 saturated carbocycles. The van der Waals surface area contributed by atoms with Gasteiger partial charge in [-0.25, -0.2) is 0 Å². The predicted molar refractivity (Wildman–Crippen MR) is 111 cm³/mol. The third-order valence-electron chi connectivity index (χ3n) is 4.59. The monoisotopic (exact) mass is 375 g/mol. The van der Waals surface area contributed by atoms with Crippen LogP contribution in [0.1, 0.15) is 20.9 Å². The first-order valence-electron chi connectivity index (χ1n) is 8.91. The van der Waals surface area contributed by atoms with Gasteiger partial charge in [-0.2, -0.15) is 0 Å². The number of benzene rings is 2. The summed E-state index contributed by atoms with van der Waals surface area (Å²) in [5, 5.41) is 3.05. The molecule has 0 radical (unpaired) electrons. The van der Waals surface area contributed by atoms with Crippen molar-refractivity contribution in [3.05, 3.63) is 87.6 Å². The summed E-state index contributed by atoms with van der Waals surface area (Å²) in [5.41, 5.74) is 3.59. The maximum atomic E-state index is 12.9. The van der Waals surface area contributed by atoms with Crippen LogP contribution in [0.3, 0.4) is 0 Å². The molecule has 1 amide bonds. The molecule has 0 fully saturated rings. The number of amides is 1. The lowest BCUT2D eigenvalue weighted by Gasteiger charge is -2.22. The van der Waals surface area contributed by atoms with E-state index in [0.717, 1.165) is 22.5 Å². The van der Waals surface area contributed by atoms with Gasteiger partial charge in [-0.15, -0.1) is 11.3 Å². The van der Waals surface area contributed by atoms with Gasteiger partial charge in [-0.1, -0.05) is 48.5 Å². The Hall–Kier alpha value is -2.76. The molecule has 1 N–H and O–H groups in total. The van der Waals surface area contributed by atoms with Crippen LogP contribution in [0.25, 0.3) is 0 Å². The largest absolute Gasteiger partial charge is 0.322 e. The molecule has 0 spiro atoms. The van der Waals surface area contributed by atoms with Crippen molar-refractivity contribution < 1.29 is 4.79 Å². The van der Waals surface area contributed by atoms with Gasteiger partial charge < -0.3 is 5.32 Å². The molecule has 136 valence electrons. The van der Waals surface area contributed by atoms with E-state index in [-0.39, 0.29) is 5.91 Å². The first-order valence-corrected chi connectivity index (χ1v) is 9.72. The number of para-hydroxylation sites is 1. The van der Waals surface area contributed by atoms with Crippen molar-refractivity contribution in [1.29, 1.82) is 0 Å². The molecule has 1 atom stereocenters. The number of hydrogen-bond acceptors (Lipinski definition) is 4. The van der Waals surface area contributed by atoms with Gasteiger partial charge in [0.15, 0.2) is 6.17 Å². The fourth-order valence-corrected chi connectivity index (χ4v) is 4.23. The van der Waals surface area contributed by atoms with Crippen molar-refractivity contribution in [1.82, 2.24) is 4.90 Å². The van der Waals surface area contributed by atoms with E-state index in [1.807, 2.05) is 66.5 Å². The molecule has 1 aliphatic rings. The fraction of sp³-hybridized carbons (Fsp3) is 0.182. The minimum Gasteiger partial charge on any atom is -0.322 e. The lowest BCUT2D eigenvalue weighted by molar-refractivity contribution is -0.120. The third kappa shape index (κ3) is 3.70. The second kappa shape index (κ2) is 7.47. The second-order valence-corrected chi connectivity index (χ2v) is 8.05. The average Bonchev–Trinajstić information content (AvgIpc) is 3.01. The van der Waals surface area contributed by atoms with Gasteiger partial charge in [0, 0.05) is 27.4 Å². The van der Waals surface area contributed by atoms with Crippen LogP contribution in [-0.2, 0) is 11.3 Å². The highest BCUT2D eigenvalue weighted by molar-refractivity contribution is 7.11. The molecule has 27 heavy (non-hydrogen) atoms. The normalized spacial score (nSPS) is 16.5. The highest BCUT2D eigenvalue weighted by Gasteiger charge is 2.28. The zero-order chi connectivity index (χ0) is 18.8. The lowest BCUT2D eigenvalue weighted by atomic mass is 10.0. The quantitative estimate of drug-likeness (QED) is 0.739. The number of aliphatic imine (C=N–C) groups is 1. The maximum Gasteiger partial charge on any atom is 0.264 e. The summed E-state index contributed by atoms with van der Waals surface area (Å²) in [5.74, 6) is -0.107. The number of nitrogens with zero attached hydrogens (tertiary/aromatic N) is 2. The van der Waals surface area contributed by atoms with E-state index in [2.05, 4.69) is 24.4 Å². The van der Waals surface area contributed by atoms with Crippen LogP contribution >= 0.6 is 11.3 Å². The van der Waals surface area contributed by atoms with E-state index >= 15 is 0 Å². The van der Waals surface area contributed by atoms with Gasteiger partial charge in [0.2, 0.25) is 0 Å². The zero-order valence-corrected chi connectivity index (χ0v) is 16.2. The molecule has 0 aliphatic carbocycles. The fourth-order valence-electron chi connectivity index (χ4n) is 3.27. The zero-order valence-electron chi connectivity index (χ0n) is 15.3. The SMILES string of the molecule is Cc1ccc(CN(C)C2N=C(c3ccccc3)c3ccccc3NC2=O)s1. The van der Waals surface area contributed by atoms with Crippen LogP contribution in [0, 0.1) is 6.92 Å². The van der Waals surface area contributed by atoms with E-state index in [1.165, 1.54) is 9.75 Å². The van der Waals surface area contributed by atoms with Crippen LogP contribution in [-0.4, -0.2) is 29.7 Å². The maximum absolute atomic E-state index is 12.9. The summed E-state index contributed by atoms with van der Waals surface area (Å²) in [6.07, 6.45) is -0.588. The molecule has 1 unspecified atom stereocenters. The second-order valence-electron chi connectivity index (χ2n) is 6.68. The molecule has 1 aliphatic heterocycles. The number of likely N-dealkylation sites (N-methyl/N-ethyl adjacent to an activating group) is 1.